The third-order valence-corrected chi connectivity index (χ3v) is 3.43. The fourth-order valence-electron chi connectivity index (χ4n) is 2.10. The fraction of sp³-hybridized carbons (Fsp3) is 0.222. The summed E-state index contributed by atoms with van der Waals surface area (Å²) >= 11 is 6.19. The Labute approximate surface area is 146 Å². The first kappa shape index (κ1) is 17.8. The van der Waals surface area contributed by atoms with Crippen molar-refractivity contribution < 1.29 is 14.3 Å². The maximum atomic E-state index is 11.8. The summed E-state index contributed by atoms with van der Waals surface area (Å²) in [6.45, 7) is 2.35. The van der Waals surface area contributed by atoms with Crippen molar-refractivity contribution in [3.63, 3.8) is 0 Å². The highest BCUT2D eigenvalue weighted by Gasteiger charge is 2.10. The van der Waals surface area contributed by atoms with Gasteiger partial charge >= 0.3 is 0 Å². The van der Waals surface area contributed by atoms with Crippen molar-refractivity contribution >= 4 is 23.7 Å². The molecule has 0 spiro atoms. The predicted molar refractivity (Wildman–Crippen MR) is 95.1 cm³/mol. The first-order valence-corrected chi connectivity index (χ1v) is 7.88. The topological polar surface area (TPSA) is 59.9 Å². The minimum absolute atomic E-state index is 0.193. The SMILES string of the molecule is CCOc1c(Cl)cc(/C=N\NC(=O)Cc2ccccc2)cc1OC. The molecule has 0 heterocycles. The second-order valence-electron chi connectivity index (χ2n) is 4.92. The lowest BCUT2D eigenvalue weighted by Gasteiger charge is -2.11. The van der Waals surface area contributed by atoms with Crippen LogP contribution in [0.15, 0.2) is 47.6 Å². The molecule has 5 nitrogen and oxygen atoms in total. The van der Waals surface area contributed by atoms with Gasteiger partial charge < -0.3 is 9.47 Å². The molecule has 6 heteroatoms. The van der Waals surface area contributed by atoms with Gasteiger partial charge in [0.05, 0.1) is 31.4 Å². The number of hydrogen-bond donors (Lipinski definition) is 1. The molecule has 0 fully saturated rings. The lowest BCUT2D eigenvalue weighted by atomic mass is 10.1. The molecule has 0 unspecified atom stereocenters. The van der Waals surface area contributed by atoms with Crippen LogP contribution in [0.2, 0.25) is 5.02 Å². The average Bonchev–Trinajstić information content (AvgIpc) is 2.58. The molecule has 0 radical (unpaired) electrons. The van der Waals surface area contributed by atoms with Gasteiger partial charge in [-0.2, -0.15) is 5.10 Å². The Morgan fingerprint density at radius 1 is 1.29 bits per heavy atom. The number of rotatable bonds is 7. The number of carbonyl (C=O) groups is 1. The van der Waals surface area contributed by atoms with Gasteiger partial charge in [0.15, 0.2) is 11.5 Å². The van der Waals surface area contributed by atoms with E-state index in [2.05, 4.69) is 10.5 Å². The largest absolute Gasteiger partial charge is 0.493 e. The van der Waals surface area contributed by atoms with Gasteiger partial charge in [0, 0.05) is 0 Å². The summed E-state index contributed by atoms with van der Waals surface area (Å²) in [7, 11) is 1.54. The molecule has 0 atom stereocenters. The van der Waals surface area contributed by atoms with Crippen LogP contribution in [0.5, 0.6) is 11.5 Å². The van der Waals surface area contributed by atoms with Crippen LogP contribution in [0, 0.1) is 0 Å². The van der Waals surface area contributed by atoms with Crippen molar-refractivity contribution in [2.24, 2.45) is 5.10 Å². The lowest BCUT2D eigenvalue weighted by molar-refractivity contribution is -0.120. The Morgan fingerprint density at radius 2 is 2.04 bits per heavy atom. The van der Waals surface area contributed by atoms with Crippen molar-refractivity contribution in [3.8, 4) is 11.5 Å². The van der Waals surface area contributed by atoms with E-state index in [4.69, 9.17) is 21.1 Å². The molecular formula is C18H19ClN2O3. The number of nitrogens with zero attached hydrogens (tertiary/aromatic N) is 1. The average molecular weight is 347 g/mol. The molecule has 126 valence electrons. The molecule has 0 saturated carbocycles. The van der Waals surface area contributed by atoms with Crippen molar-refractivity contribution in [2.45, 2.75) is 13.3 Å². The number of ether oxygens (including phenoxy) is 2. The van der Waals surface area contributed by atoms with Crippen molar-refractivity contribution in [1.29, 1.82) is 0 Å². The summed E-state index contributed by atoms with van der Waals surface area (Å²) in [6.07, 6.45) is 1.78. The van der Waals surface area contributed by atoms with Crippen molar-refractivity contribution in [1.82, 2.24) is 5.43 Å². The van der Waals surface area contributed by atoms with E-state index >= 15 is 0 Å². The van der Waals surface area contributed by atoms with Gasteiger partial charge in [-0.15, -0.1) is 0 Å². The van der Waals surface area contributed by atoms with E-state index in [1.165, 1.54) is 13.3 Å². The highest BCUT2D eigenvalue weighted by Crippen LogP contribution is 2.35. The van der Waals surface area contributed by atoms with Gasteiger partial charge in [0.25, 0.3) is 0 Å². The molecule has 24 heavy (non-hydrogen) atoms. The summed E-state index contributed by atoms with van der Waals surface area (Å²) < 4.78 is 10.7. The van der Waals surface area contributed by atoms with Crippen molar-refractivity contribution in [2.75, 3.05) is 13.7 Å². The molecule has 1 amide bonds. The third kappa shape index (κ3) is 4.99. The zero-order valence-corrected chi connectivity index (χ0v) is 14.3. The molecule has 0 aliphatic carbocycles. The standard InChI is InChI=1S/C18H19ClN2O3/c1-3-24-18-15(19)9-14(10-16(18)23-2)12-20-21-17(22)11-13-7-5-4-6-8-13/h4-10,12H,3,11H2,1-2H3,(H,21,22)/b20-12-. The van der Waals surface area contributed by atoms with Crippen LogP contribution >= 0.6 is 11.6 Å². The number of halogens is 1. The van der Waals surface area contributed by atoms with E-state index in [0.29, 0.717) is 28.7 Å². The van der Waals surface area contributed by atoms with Gasteiger partial charge in [0.2, 0.25) is 5.91 Å². The second-order valence-corrected chi connectivity index (χ2v) is 5.33. The fourth-order valence-corrected chi connectivity index (χ4v) is 2.37. The van der Waals surface area contributed by atoms with Gasteiger partial charge in [-0.25, -0.2) is 5.43 Å². The normalized spacial score (nSPS) is 10.6. The lowest BCUT2D eigenvalue weighted by Crippen LogP contribution is -2.19. The van der Waals surface area contributed by atoms with Crippen LogP contribution in [0.1, 0.15) is 18.1 Å². The first-order chi connectivity index (χ1) is 11.6. The zero-order chi connectivity index (χ0) is 17.4. The Balaban J connectivity index is 2.01. The predicted octanol–water partition coefficient (Wildman–Crippen LogP) is 3.44. The molecule has 0 saturated heterocycles. The molecule has 0 aliphatic rings. The molecule has 2 aromatic rings. The maximum absolute atomic E-state index is 11.8. The number of benzene rings is 2. The molecule has 0 aromatic heterocycles. The van der Waals surface area contributed by atoms with E-state index in [-0.39, 0.29) is 12.3 Å². The Morgan fingerprint density at radius 3 is 2.71 bits per heavy atom. The minimum Gasteiger partial charge on any atom is -0.493 e. The van der Waals surface area contributed by atoms with Crippen LogP contribution in [-0.4, -0.2) is 25.8 Å². The van der Waals surface area contributed by atoms with Crippen LogP contribution < -0.4 is 14.9 Å². The number of hydrazone groups is 1. The summed E-state index contributed by atoms with van der Waals surface area (Å²) in [6, 6.07) is 12.9. The van der Waals surface area contributed by atoms with E-state index < -0.39 is 0 Å². The first-order valence-electron chi connectivity index (χ1n) is 7.50. The summed E-state index contributed by atoms with van der Waals surface area (Å²) in [5.41, 5.74) is 4.11. The molecule has 0 aliphatic heterocycles. The zero-order valence-electron chi connectivity index (χ0n) is 13.6. The molecule has 0 bridgehead atoms. The van der Waals surface area contributed by atoms with Gasteiger partial charge in [-0.05, 0) is 30.2 Å². The molecule has 1 N–H and O–H groups in total. The number of amides is 1. The van der Waals surface area contributed by atoms with Gasteiger partial charge in [0.1, 0.15) is 0 Å². The Hall–Kier alpha value is -2.53. The third-order valence-electron chi connectivity index (χ3n) is 3.15. The number of carbonyl (C=O) groups excluding carboxylic acids is 1. The summed E-state index contributed by atoms with van der Waals surface area (Å²) in [5.74, 6) is 0.815. The molecular weight excluding hydrogens is 328 g/mol. The Kier molecular flexibility index (Phi) is 6.63. The number of hydrogen-bond acceptors (Lipinski definition) is 4. The second kappa shape index (κ2) is 8.93. The quantitative estimate of drug-likeness (QED) is 0.617. The summed E-state index contributed by atoms with van der Waals surface area (Å²) in [5, 5.41) is 4.37. The van der Waals surface area contributed by atoms with Gasteiger partial charge in [-0.1, -0.05) is 41.9 Å². The monoisotopic (exact) mass is 346 g/mol. The van der Waals surface area contributed by atoms with E-state index in [0.717, 1.165) is 5.56 Å². The molecule has 2 aromatic carbocycles. The highest BCUT2D eigenvalue weighted by atomic mass is 35.5. The van der Waals surface area contributed by atoms with E-state index in [1.54, 1.807) is 12.1 Å². The number of methoxy groups -OCH3 is 1. The van der Waals surface area contributed by atoms with Crippen LogP contribution in [-0.2, 0) is 11.2 Å². The van der Waals surface area contributed by atoms with E-state index in [9.17, 15) is 4.79 Å². The number of nitrogens with one attached hydrogen (secondary N) is 1. The van der Waals surface area contributed by atoms with Gasteiger partial charge in [-0.3, -0.25) is 4.79 Å². The van der Waals surface area contributed by atoms with Crippen molar-refractivity contribution in [3.05, 3.63) is 58.6 Å². The minimum atomic E-state index is -0.193. The van der Waals surface area contributed by atoms with Crippen LogP contribution in [0.4, 0.5) is 0 Å². The summed E-state index contributed by atoms with van der Waals surface area (Å²) in [4.78, 5) is 11.8. The highest BCUT2D eigenvalue weighted by molar-refractivity contribution is 6.32. The van der Waals surface area contributed by atoms with Crippen LogP contribution in [0.25, 0.3) is 0 Å². The smallest absolute Gasteiger partial charge is 0.244 e. The Bertz CT molecular complexity index is 718. The maximum Gasteiger partial charge on any atom is 0.244 e. The molecule has 2 rings (SSSR count). The van der Waals surface area contributed by atoms with Crippen LogP contribution in [0.3, 0.4) is 0 Å². The van der Waals surface area contributed by atoms with E-state index in [1.807, 2.05) is 37.3 Å².